The highest BCUT2D eigenvalue weighted by molar-refractivity contribution is 5.19. The first-order valence-electron chi connectivity index (χ1n) is 6.64. The van der Waals surface area contributed by atoms with E-state index in [0.29, 0.717) is 13.2 Å². The van der Waals surface area contributed by atoms with E-state index in [1.54, 1.807) is 0 Å². The van der Waals surface area contributed by atoms with Gasteiger partial charge in [-0.05, 0) is 12.2 Å². The fourth-order valence-electron chi connectivity index (χ4n) is 1.92. The minimum Gasteiger partial charge on any atom is -0.456 e. The third-order valence-corrected chi connectivity index (χ3v) is 3.00. The van der Waals surface area contributed by atoms with Crippen molar-refractivity contribution in [3.63, 3.8) is 0 Å². The molecule has 0 aromatic rings. The number of epoxide rings is 1. The number of hydrogen-bond donors (Lipinski definition) is 0. The van der Waals surface area contributed by atoms with Crippen molar-refractivity contribution in [1.82, 2.24) is 0 Å². The maximum Gasteiger partial charge on any atom is 0.263 e. The van der Waals surface area contributed by atoms with E-state index in [9.17, 15) is 0 Å². The average molecular weight is 262 g/mol. The second kappa shape index (κ2) is 6.08. The lowest BCUT2D eigenvalue weighted by molar-refractivity contribution is -0.129. The molecule has 1 aliphatic heterocycles. The summed E-state index contributed by atoms with van der Waals surface area (Å²) < 4.78 is 22.3. The van der Waals surface area contributed by atoms with Gasteiger partial charge in [0.1, 0.15) is 24.2 Å². The van der Waals surface area contributed by atoms with Crippen molar-refractivity contribution in [3.8, 4) is 0 Å². The highest BCUT2D eigenvalue weighted by Gasteiger charge is 2.24. The van der Waals surface area contributed by atoms with Crippen molar-refractivity contribution in [1.29, 1.82) is 0 Å². The Morgan fingerprint density at radius 2 is 1.74 bits per heavy atom. The van der Waals surface area contributed by atoms with Crippen molar-refractivity contribution >= 4 is 0 Å². The molecule has 3 aliphatic rings. The minimum absolute atomic E-state index is 0.264. The molecule has 0 saturated carbocycles. The van der Waals surface area contributed by atoms with E-state index >= 15 is 0 Å². The van der Waals surface area contributed by atoms with Crippen molar-refractivity contribution in [3.05, 3.63) is 48.0 Å². The number of hydrogen-bond acceptors (Lipinski definition) is 4. The predicted octanol–water partition coefficient (Wildman–Crippen LogP) is 2.45. The van der Waals surface area contributed by atoms with Gasteiger partial charge in [-0.2, -0.15) is 0 Å². The van der Waals surface area contributed by atoms with E-state index in [4.69, 9.17) is 18.9 Å². The van der Waals surface area contributed by atoms with Crippen LogP contribution in [0.2, 0.25) is 0 Å². The van der Waals surface area contributed by atoms with Gasteiger partial charge in [0.15, 0.2) is 0 Å². The van der Waals surface area contributed by atoms with Crippen LogP contribution in [0.5, 0.6) is 0 Å². The normalized spacial score (nSPS) is 23.7. The van der Waals surface area contributed by atoms with E-state index in [1.807, 2.05) is 24.3 Å². The summed E-state index contributed by atoms with van der Waals surface area (Å²) in [6, 6.07) is 0. The first-order chi connectivity index (χ1) is 9.40. The van der Waals surface area contributed by atoms with E-state index < -0.39 is 6.29 Å². The van der Waals surface area contributed by atoms with Gasteiger partial charge in [0, 0.05) is 12.8 Å². The molecule has 4 heteroatoms. The predicted molar refractivity (Wildman–Crippen MR) is 70.2 cm³/mol. The smallest absolute Gasteiger partial charge is 0.263 e. The van der Waals surface area contributed by atoms with Gasteiger partial charge in [-0.3, -0.25) is 0 Å². The van der Waals surface area contributed by atoms with Crippen molar-refractivity contribution in [2.24, 2.45) is 0 Å². The Hall–Kier alpha value is -1.52. The molecule has 2 aliphatic carbocycles. The number of ether oxygens (including phenoxy) is 4. The first-order valence-corrected chi connectivity index (χ1v) is 6.64. The van der Waals surface area contributed by atoms with Crippen molar-refractivity contribution in [2.75, 3.05) is 19.8 Å². The quantitative estimate of drug-likeness (QED) is 0.497. The Morgan fingerprint density at radius 3 is 2.21 bits per heavy atom. The van der Waals surface area contributed by atoms with Crippen molar-refractivity contribution < 1.29 is 18.9 Å². The molecule has 0 amide bonds. The summed E-state index contributed by atoms with van der Waals surface area (Å²) in [5.41, 5.74) is 0. The topological polar surface area (TPSA) is 40.2 Å². The molecule has 0 aromatic carbocycles. The minimum atomic E-state index is -0.393. The van der Waals surface area contributed by atoms with Gasteiger partial charge >= 0.3 is 0 Å². The molecule has 0 bridgehead atoms. The maximum atomic E-state index is 5.82. The molecular weight excluding hydrogens is 244 g/mol. The molecular formula is C15H18O4. The van der Waals surface area contributed by atoms with Crippen LogP contribution in [0.15, 0.2) is 48.0 Å². The van der Waals surface area contributed by atoms with E-state index in [-0.39, 0.29) is 6.10 Å². The van der Waals surface area contributed by atoms with E-state index in [1.165, 1.54) is 0 Å². The van der Waals surface area contributed by atoms with Crippen LogP contribution >= 0.6 is 0 Å². The molecule has 1 unspecified atom stereocenters. The Labute approximate surface area is 113 Å². The zero-order chi connectivity index (χ0) is 12.9. The molecule has 19 heavy (non-hydrogen) atoms. The van der Waals surface area contributed by atoms with Gasteiger partial charge in [-0.15, -0.1) is 0 Å². The largest absolute Gasteiger partial charge is 0.456 e. The van der Waals surface area contributed by atoms with E-state index in [2.05, 4.69) is 12.2 Å². The molecule has 3 rings (SSSR count). The Morgan fingerprint density at radius 1 is 1.11 bits per heavy atom. The average Bonchev–Trinajstić information content (AvgIpc) is 2.90. The Balaban J connectivity index is 1.47. The molecule has 0 N–H and O–H groups in total. The molecule has 1 atom stereocenters. The summed E-state index contributed by atoms with van der Waals surface area (Å²) >= 11 is 0. The summed E-state index contributed by atoms with van der Waals surface area (Å²) in [6.07, 6.45) is 13.5. The molecule has 1 heterocycles. The maximum absolute atomic E-state index is 5.82. The first kappa shape index (κ1) is 12.5. The zero-order valence-corrected chi connectivity index (χ0v) is 10.8. The standard InChI is InChI=1S/C15H18O4/c1-2-6-12(5-1)18-15(11-16-9-14-10-17-14)19-13-7-3-4-8-13/h1-5,7,14-15H,6,8-11H2. The van der Waals surface area contributed by atoms with Crippen LogP contribution in [-0.4, -0.2) is 32.2 Å². The van der Waals surface area contributed by atoms with Gasteiger partial charge < -0.3 is 18.9 Å². The Kier molecular flexibility index (Phi) is 4.01. The SMILES string of the molecule is C1=CCC(OC(COCC2CO2)OC2=CC=CC2)=C1. The van der Waals surface area contributed by atoms with Gasteiger partial charge in [-0.1, -0.05) is 24.3 Å². The van der Waals surface area contributed by atoms with Gasteiger partial charge in [0.2, 0.25) is 0 Å². The summed E-state index contributed by atoms with van der Waals surface area (Å²) in [4.78, 5) is 0. The molecule has 0 radical (unpaired) electrons. The summed E-state index contributed by atoms with van der Waals surface area (Å²) in [7, 11) is 0. The fourth-order valence-corrected chi connectivity index (χ4v) is 1.92. The van der Waals surface area contributed by atoms with Gasteiger partial charge in [0.25, 0.3) is 6.29 Å². The summed E-state index contributed by atoms with van der Waals surface area (Å²) in [6.45, 7) is 1.82. The monoisotopic (exact) mass is 262 g/mol. The van der Waals surface area contributed by atoms with Gasteiger partial charge in [-0.25, -0.2) is 0 Å². The highest BCUT2D eigenvalue weighted by atomic mass is 16.7. The lowest BCUT2D eigenvalue weighted by Gasteiger charge is -2.21. The third kappa shape index (κ3) is 3.98. The van der Waals surface area contributed by atoms with Crippen LogP contribution in [0.25, 0.3) is 0 Å². The molecule has 1 saturated heterocycles. The third-order valence-electron chi connectivity index (χ3n) is 3.00. The Bertz CT molecular complexity index is 397. The van der Waals surface area contributed by atoms with Crippen LogP contribution in [-0.2, 0) is 18.9 Å². The van der Waals surface area contributed by atoms with E-state index in [0.717, 1.165) is 31.0 Å². The summed E-state index contributed by atoms with van der Waals surface area (Å²) in [5, 5.41) is 0. The summed E-state index contributed by atoms with van der Waals surface area (Å²) in [5.74, 6) is 1.84. The number of allylic oxidation sites excluding steroid dienone is 6. The molecule has 0 aromatic heterocycles. The molecule has 0 spiro atoms. The molecule has 102 valence electrons. The van der Waals surface area contributed by atoms with Crippen LogP contribution in [0, 0.1) is 0 Å². The second-order valence-electron chi connectivity index (χ2n) is 4.69. The van der Waals surface area contributed by atoms with Crippen LogP contribution in [0.3, 0.4) is 0 Å². The second-order valence-corrected chi connectivity index (χ2v) is 4.69. The molecule has 1 fully saturated rings. The zero-order valence-electron chi connectivity index (χ0n) is 10.8. The molecule has 4 nitrogen and oxygen atoms in total. The van der Waals surface area contributed by atoms with Crippen LogP contribution in [0.4, 0.5) is 0 Å². The van der Waals surface area contributed by atoms with Crippen LogP contribution < -0.4 is 0 Å². The lowest BCUT2D eigenvalue weighted by Crippen LogP contribution is -2.24. The fraction of sp³-hybridized carbons (Fsp3) is 0.467. The van der Waals surface area contributed by atoms with Crippen molar-refractivity contribution in [2.45, 2.75) is 25.2 Å². The number of rotatable bonds is 8. The van der Waals surface area contributed by atoms with Gasteiger partial charge in [0.05, 0.1) is 13.2 Å². The highest BCUT2D eigenvalue weighted by Crippen LogP contribution is 2.20. The lowest BCUT2D eigenvalue weighted by atomic mass is 10.4. The van der Waals surface area contributed by atoms with Crippen LogP contribution in [0.1, 0.15) is 12.8 Å².